The first-order chi connectivity index (χ1) is 8.89. The molecule has 0 amide bonds. The van der Waals surface area contributed by atoms with E-state index in [1.54, 1.807) is 0 Å². The molecule has 2 rings (SSSR count). The smallest absolute Gasteiger partial charge is 0.378 e. The van der Waals surface area contributed by atoms with Crippen molar-refractivity contribution < 1.29 is 22.8 Å². The first-order valence-corrected chi connectivity index (χ1v) is 5.58. The zero-order valence-electron chi connectivity index (χ0n) is 9.81. The second-order valence-electron chi connectivity index (χ2n) is 4.06. The van der Waals surface area contributed by atoms with Crippen LogP contribution >= 0.6 is 0 Å². The van der Waals surface area contributed by atoms with Crippen molar-refractivity contribution in [2.45, 2.75) is 6.18 Å². The zero-order chi connectivity index (χ0) is 14.0. The summed E-state index contributed by atoms with van der Waals surface area (Å²) in [5.74, 6) is 0. The molecule has 0 atom stereocenters. The van der Waals surface area contributed by atoms with Gasteiger partial charge >= 0.3 is 6.18 Å². The molecular formula is C11H11F3N2O3. The highest BCUT2D eigenvalue weighted by atomic mass is 19.4. The van der Waals surface area contributed by atoms with Crippen LogP contribution in [0.3, 0.4) is 0 Å². The number of hydrogen-bond donors (Lipinski definition) is 0. The monoisotopic (exact) mass is 276 g/mol. The summed E-state index contributed by atoms with van der Waals surface area (Å²) < 4.78 is 43.8. The van der Waals surface area contributed by atoms with Gasteiger partial charge < -0.3 is 9.64 Å². The molecule has 1 heterocycles. The Balaban J connectivity index is 2.46. The molecule has 0 N–H and O–H groups in total. The van der Waals surface area contributed by atoms with Crippen LogP contribution in [0, 0.1) is 10.1 Å². The Morgan fingerprint density at radius 1 is 1.26 bits per heavy atom. The number of rotatable bonds is 2. The maximum atomic E-state index is 12.9. The molecule has 0 bridgehead atoms. The maximum Gasteiger partial charge on any atom is 0.418 e. The van der Waals surface area contributed by atoms with Crippen LogP contribution < -0.4 is 4.90 Å². The van der Waals surface area contributed by atoms with E-state index in [1.165, 1.54) is 4.90 Å². The quantitative estimate of drug-likeness (QED) is 0.615. The largest absolute Gasteiger partial charge is 0.418 e. The molecule has 1 fully saturated rings. The Morgan fingerprint density at radius 3 is 2.42 bits per heavy atom. The van der Waals surface area contributed by atoms with Crippen LogP contribution in [0.15, 0.2) is 18.2 Å². The molecular weight excluding hydrogens is 265 g/mol. The maximum absolute atomic E-state index is 12.9. The Kier molecular flexibility index (Phi) is 3.61. The van der Waals surface area contributed by atoms with Crippen LogP contribution in [0.1, 0.15) is 5.56 Å². The lowest BCUT2D eigenvalue weighted by Crippen LogP contribution is -2.37. The summed E-state index contributed by atoms with van der Waals surface area (Å²) in [4.78, 5) is 11.4. The van der Waals surface area contributed by atoms with Gasteiger partial charge in [0.25, 0.3) is 5.69 Å². The van der Waals surface area contributed by atoms with Gasteiger partial charge in [0.15, 0.2) is 0 Å². The minimum atomic E-state index is -4.54. The predicted molar refractivity (Wildman–Crippen MR) is 61.1 cm³/mol. The van der Waals surface area contributed by atoms with Crippen molar-refractivity contribution in [3.05, 3.63) is 33.9 Å². The molecule has 0 radical (unpaired) electrons. The summed E-state index contributed by atoms with van der Waals surface area (Å²) >= 11 is 0. The van der Waals surface area contributed by atoms with Crippen molar-refractivity contribution in [3.63, 3.8) is 0 Å². The minimum Gasteiger partial charge on any atom is -0.378 e. The van der Waals surface area contributed by atoms with Gasteiger partial charge in [-0.2, -0.15) is 13.2 Å². The average Bonchev–Trinajstić information content (AvgIpc) is 2.38. The van der Waals surface area contributed by atoms with Gasteiger partial charge in [0, 0.05) is 25.2 Å². The molecule has 1 aliphatic heterocycles. The Morgan fingerprint density at radius 2 is 1.89 bits per heavy atom. The van der Waals surface area contributed by atoms with Crippen LogP contribution in [0.2, 0.25) is 0 Å². The number of alkyl halides is 3. The second-order valence-corrected chi connectivity index (χ2v) is 4.06. The van der Waals surface area contributed by atoms with E-state index in [9.17, 15) is 23.3 Å². The summed E-state index contributed by atoms with van der Waals surface area (Å²) in [6, 6.07) is 2.59. The fraction of sp³-hybridized carbons (Fsp3) is 0.455. The summed E-state index contributed by atoms with van der Waals surface area (Å²) in [5.41, 5.74) is -1.38. The molecule has 0 spiro atoms. The number of benzene rings is 1. The molecule has 0 unspecified atom stereocenters. The van der Waals surface area contributed by atoms with E-state index < -0.39 is 16.7 Å². The van der Waals surface area contributed by atoms with Crippen molar-refractivity contribution in [1.82, 2.24) is 0 Å². The molecule has 8 heteroatoms. The normalized spacial score (nSPS) is 16.5. The predicted octanol–water partition coefficient (Wildman–Crippen LogP) is 2.45. The molecule has 1 aromatic rings. The Bertz CT molecular complexity index is 485. The van der Waals surface area contributed by atoms with Crippen LogP contribution in [0.5, 0.6) is 0 Å². The molecule has 0 aliphatic carbocycles. The van der Waals surface area contributed by atoms with Gasteiger partial charge in [-0.05, 0) is 6.07 Å². The Labute approximate surface area is 106 Å². The van der Waals surface area contributed by atoms with E-state index in [2.05, 4.69) is 0 Å². The first-order valence-electron chi connectivity index (χ1n) is 5.58. The lowest BCUT2D eigenvalue weighted by molar-refractivity contribution is -0.384. The number of ether oxygens (including phenoxy) is 1. The molecule has 104 valence electrons. The highest BCUT2D eigenvalue weighted by Gasteiger charge is 2.36. The summed E-state index contributed by atoms with van der Waals surface area (Å²) in [6.45, 7) is 1.18. The number of nitro benzene ring substituents is 1. The fourth-order valence-electron chi connectivity index (χ4n) is 1.94. The van der Waals surface area contributed by atoms with Crippen molar-refractivity contribution in [2.75, 3.05) is 31.2 Å². The van der Waals surface area contributed by atoms with E-state index in [0.29, 0.717) is 13.2 Å². The topological polar surface area (TPSA) is 55.6 Å². The number of anilines is 1. The lowest BCUT2D eigenvalue weighted by atomic mass is 10.1. The van der Waals surface area contributed by atoms with Crippen molar-refractivity contribution in [3.8, 4) is 0 Å². The number of nitro groups is 1. The van der Waals surface area contributed by atoms with Gasteiger partial charge in [-0.3, -0.25) is 10.1 Å². The molecule has 5 nitrogen and oxygen atoms in total. The Hall–Kier alpha value is -1.83. The molecule has 1 aromatic carbocycles. The third kappa shape index (κ3) is 2.95. The van der Waals surface area contributed by atoms with Crippen LogP contribution in [0.4, 0.5) is 24.5 Å². The van der Waals surface area contributed by atoms with E-state index in [0.717, 1.165) is 18.2 Å². The van der Waals surface area contributed by atoms with E-state index >= 15 is 0 Å². The fourth-order valence-corrected chi connectivity index (χ4v) is 1.94. The zero-order valence-corrected chi connectivity index (χ0v) is 9.81. The third-order valence-corrected chi connectivity index (χ3v) is 2.85. The second kappa shape index (κ2) is 5.04. The SMILES string of the molecule is O=[N+]([O-])c1ccc(C(F)(F)F)c(N2CCOCC2)c1. The standard InChI is InChI=1S/C11H11F3N2O3/c12-11(13,14)9-2-1-8(16(17)18)7-10(9)15-3-5-19-6-4-15/h1-2,7H,3-6H2. The highest BCUT2D eigenvalue weighted by Crippen LogP contribution is 2.38. The number of morpholine rings is 1. The van der Waals surface area contributed by atoms with E-state index in [-0.39, 0.29) is 24.5 Å². The number of hydrogen-bond acceptors (Lipinski definition) is 4. The summed E-state index contributed by atoms with van der Waals surface area (Å²) in [5, 5.41) is 10.7. The van der Waals surface area contributed by atoms with Gasteiger partial charge in [0.2, 0.25) is 0 Å². The molecule has 1 aliphatic rings. The van der Waals surface area contributed by atoms with Gasteiger partial charge in [0.05, 0.1) is 29.4 Å². The minimum absolute atomic E-state index is 0.162. The summed E-state index contributed by atoms with van der Waals surface area (Å²) in [6.07, 6.45) is -4.54. The number of halogens is 3. The van der Waals surface area contributed by atoms with Crippen molar-refractivity contribution in [1.29, 1.82) is 0 Å². The van der Waals surface area contributed by atoms with Gasteiger partial charge in [-0.1, -0.05) is 0 Å². The van der Waals surface area contributed by atoms with Crippen LogP contribution in [-0.2, 0) is 10.9 Å². The molecule has 0 saturated carbocycles. The van der Waals surface area contributed by atoms with Crippen molar-refractivity contribution in [2.24, 2.45) is 0 Å². The molecule has 19 heavy (non-hydrogen) atoms. The third-order valence-electron chi connectivity index (χ3n) is 2.85. The highest BCUT2D eigenvalue weighted by molar-refractivity contribution is 5.60. The van der Waals surface area contributed by atoms with Gasteiger partial charge in [0.1, 0.15) is 0 Å². The summed E-state index contributed by atoms with van der Waals surface area (Å²) in [7, 11) is 0. The number of nitrogens with zero attached hydrogens (tertiary/aromatic N) is 2. The van der Waals surface area contributed by atoms with E-state index in [4.69, 9.17) is 4.74 Å². The molecule has 0 aromatic heterocycles. The van der Waals surface area contributed by atoms with Crippen LogP contribution in [-0.4, -0.2) is 31.2 Å². The average molecular weight is 276 g/mol. The van der Waals surface area contributed by atoms with E-state index in [1.807, 2.05) is 0 Å². The van der Waals surface area contributed by atoms with Crippen molar-refractivity contribution >= 4 is 11.4 Å². The first kappa shape index (κ1) is 13.6. The van der Waals surface area contributed by atoms with Crippen LogP contribution in [0.25, 0.3) is 0 Å². The van der Waals surface area contributed by atoms with Gasteiger partial charge in [-0.15, -0.1) is 0 Å². The molecule has 1 saturated heterocycles. The van der Waals surface area contributed by atoms with Gasteiger partial charge in [-0.25, -0.2) is 0 Å². The number of non-ortho nitro benzene ring substituents is 1. The lowest BCUT2D eigenvalue weighted by Gasteiger charge is -2.30.